The smallest absolute Gasteiger partial charge is 0.243 e. The largest absolute Gasteiger partial charge is 0.497 e. The van der Waals surface area contributed by atoms with E-state index in [0.29, 0.717) is 18.0 Å². The molecule has 0 aromatic heterocycles. The van der Waals surface area contributed by atoms with Crippen LogP contribution in [0.3, 0.4) is 0 Å². The van der Waals surface area contributed by atoms with E-state index in [9.17, 15) is 18.3 Å². The molecule has 0 unspecified atom stereocenters. The fourth-order valence-corrected chi connectivity index (χ4v) is 5.60. The molecule has 3 aromatic carbocycles. The van der Waals surface area contributed by atoms with Gasteiger partial charge in [-0.1, -0.05) is 42.5 Å². The second-order valence-electron chi connectivity index (χ2n) is 8.50. The number of hydrogen-bond donors (Lipinski definition) is 3. The molecule has 3 rings (SSSR count). The van der Waals surface area contributed by atoms with Crippen molar-refractivity contribution in [2.45, 2.75) is 30.0 Å². The molecule has 198 valence electrons. The van der Waals surface area contributed by atoms with Crippen molar-refractivity contribution in [2.24, 2.45) is 5.73 Å². The molecule has 0 radical (unpaired) electrons. The SMILES string of the molecule is COc1ccc(S(=O)(=O)N(CC(N)=O)[C@@H](Cc2ccccc2)[C@H](O)CNCc2cccc(OC)c2)cc1. The van der Waals surface area contributed by atoms with E-state index < -0.39 is 34.6 Å². The Morgan fingerprint density at radius 3 is 2.22 bits per heavy atom. The van der Waals surface area contributed by atoms with Crippen LogP contribution in [-0.4, -0.2) is 63.2 Å². The number of methoxy groups -OCH3 is 2. The molecule has 4 N–H and O–H groups in total. The predicted octanol–water partition coefficient (Wildman–Crippen LogP) is 1.94. The van der Waals surface area contributed by atoms with Crippen molar-refractivity contribution in [1.82, 2.24) is 9.62 Å². The minimum Gasteiger partial charge on any atom is -0.497 e. The number of nitrogens with zero attached hydrogens (tertiary/aromatic N) is 1. The number of primary amides is 1. The highest BCUT2D eigenvalue weighted by molar-refractivity contribution is 7.89. The van der Waals surface area contributed by atoms with Crippen molar-refractivity contribution < 1.29 is 27.8 Å². The first kappa shape index (κ1) is 28.1. The van der Waals surface area contributed by atoms with E-state index in [1.165, 1.54) is 31.4 Å². The number of ether oxygens (including phenoxy) is 2. The fraction of sp³-hybridized carbons (Fsp3) is 0.296. The quantitative estimate of drug-likeness (QED) is 0.292. The van der Waals surface area contributed by atoms with Gasteiger partial charge in [-0.2, -0.15) is 4.31 Å². The van der Waals surface area contributed by atoms with Gasteiger partial charge in [0.1, 0.15) is 11.5 Å². The summed E-state index contributed by atoms with van der Waals surface area (Å²) in [5.74, 6) is 0.370. The zero-order valence-electron chi connectivity index (χ0n) is 20.9. The van der Waals surface area contributed by atoms with Gasteiger partial charge >= 0.3 is 0 Å². The van der Waals surface area contributed by atoms with Gasteiger partial charge in [0.2, 0.25) is 15.9 Å². The molecule has 0 aliphatic rings. The highest BCUT2D eigenvalue weighted by Gasteiger charge is 2.36. The van der Waals surface area contributed by atoms with Crippen LogP contribution in [0.5, 0.6) is 11.5 Å². The Labute approximate surface area is 217 Å². The number of benzene rings is 3. The summed E-state index contributed by atoms with van der Waals surface area (Å²) in [6.45, 7) is -0.0890. The maximum atomic E-state index is 13.7. The third-order valence-electron chi connectivity index (χ3n) is 5.90. The summed E-state index contributed by atoms with van der Waals surface area (Å²) < 4.78 is 38.8. The van der Waals surface area contributed by atoms with Gasteiger partial charge in [0.05, 0.1) is 37.8 Å². The number of carbonyl (C=O) groups is 1. The molecule has 1 amide bonds. The average Bonchev–Trinajstić information content (AvgIpc) is 2.91. The summed E-state index contributed by atoms with van der Waals surface area (Å²) in [4.78, 5) is 12.0. The molecule has 10 heteroatoms. The molecule has 0 bridgehead atoms. The minimum atomic E-state index is -4.20. The lowest BCUT2D eigenvalue weighted by Crippen LogP contribution is -2.53. The molecular formula is C27H33N3O6S. The van der Waals surface area contributed by atoms with E-state index in [4.69, 9.17) is 15.2 Å². The van der Waals surface area contributed by atoms with Crippen molar-refractivity contribution in [2.75, 3.05) is 27.3 Å². The van der Waals surface area contributed by atoms with E-state index in [-0.39, 0.29) is 17.9 Å². The Balaban J connectivity index is 1.89. The molecule has 0 saturated carbocycles. The molecule has 37 heavy (non-hydrogen) atoms. The molecule has 9 nitrogen and oxygen atoms in total. The first-order valence-electron chi connectivity index (χ1n) is 11.7. The van der Waals surface area contributed by atoms with Crippen molar-refractivity contribution in [3.63, 3.8) is 0 Å². The summed E-state index contributed by atoms with van der Waals surface area (Å²) in [5, 5.41) is 14.4. The number of hydrogen-bond acceptors (Lipinski definition) is 7. The van der Waals surface area contributed by atoms with Gasteiger partial charge in [-0.3, -0.25) is 4.79 Å². The number of aliphatic hydroxyl groups excluding tert-OH is 1. The van der Waals surface area contributed by atoms with Crippen LogP contribution in [-0.2, 0) is 27.8 Å². The molecule has 0 fully saturated rings. The maximum absolute atomic E-state index is 13.7. The van der Waals surface area contributed by atoms with E-state index in [1.807, 2.05) is 54.6 Å². The number of rotatable bonds is 14. The molecule has 0 saturated heterocycles. The van der Waals surface area contributed by atoms with Gasteiger partial charge in [0.15, 0.2) is 0 Å². The normalized spacial score (nSPS) is 13.2. The third-order valence-corrected chi connectivity index (χ3v) is 7.78. The van der Waals surface area contributed by atoms with Crippen molar-refractivity contribution >= 4 is 15.9 Å². The number of nitrogens with two attached hydrogens (primary N) is 1. The Hall–Kier alpha value is -3.44. The van der Waals surface area contributed by atoms with Gasteiger partial charge in [0.25, 0.3) is 0 Å². The summed E-state index contributed by atoms with van der Waals surface area (Å²) in [6.07, 6.45) is -0.982. The average molecular weight is 528 g/mol. The molecule has 0 spiro atoms. The summed E-state index contributed by atoms with van der Waals surface area (Å²) >= 11 is 0. The van der Waals surface area contributed by atoms with Crippen LogP contribution in [0.2, 0.25) is 0 Å². The van der Waals surface area contributed by atoms with E-state index >= 15 is 0 Å². The second-order valence-corrected chi connectivity index (χ2v) is 10.4. The highest BCUT2D eigenvalue weighted by atomic mass is 32.2. The number of amides is 1. The molecule has 3 aromatic rings. The number of carbonyl (C=O) groups excluding carboxylic acids is 1. The first-order valence-corrected chi connectivity index (χ1v) is 13.2. The van der Waals surface area contributed by atoms with E-state index in [2.05, 4.69) is 5.32 Å². The van der Waals surface area contributed by atoms with E-state index in [1.54, 1.807) is 7.11 Å². The fourth-order valence-electron chi connectivity index (χ4n) is 3.99. The topological polar surface area (TPSA) is 131 Å². The van der Waals surface area contributed by atoms with Crippen LogP contribution >= 0.6 is 0 Å². The lowest BCUT2D eigenvalue weighted by Gasteiger charge is -2.33. The van der Waals surface area contributed by atoms with Gasteiger partial charge in [-0.15, -0.1) is 0 Å². The van der Waals surface area contributed by atoms with Gasteiger partial charge in [-0.25, -0.2) is 8.42 Å². The van der Waals surface area contributed by atoms with Crippen LogP contribution in [0, 0.1) is 0 Å². The number of sulfonamides is 1. The van der Waals surface area contributed by atoms with Crippen LogP contribution in [0.25, 0.3) is 0 Å². The summed E-state index contributed by atoms with van der Waals surface area (Å²) in [5.41, 5.74) is 7.21. The highest BCUT2D eigenvalue weighted by Crippen LogP contribution is 2.24. The first-order chi connectivity index (χ1) is 17.7. The van der Waals surface area contributed by atoms with Crippen LogP contribution in [0.15, 0.2) is 83.8 Å². The summed E-state index contributed by atoms with van der Waals surface area (Å²) in [7, 11) is -1.13. The Morgan fingerprint density at radius 2 is 1.59 bits per heavy atom. The van der Waals surface area contributed by atoms with Crippen molar-refractivity contribution in [1.29, 1.82) is 0 Å². The second kappa shape index (κ2) is 13.2. The van der Waals surface area contributed by atoms with Gasteiger partial charge in [0, 0.05) is 13.1 Å². The lowest BCUT2D eigenvalue weighted by atomic mass is 10.0. The summed E-state index contributed by atoms with van der Waals surface area (Å²) in [6, 6.07) is 21.5. The van der Waals surface area contributed by atoms with Crippen LogP contribution in [0.1, 0.15) is 11.1 Å². The third kappa shape index (κ3) is 7.77. The van der Waals surface area contributed by atoms with Crippen molar-refractivity contribution in [3.05, 3.63) is 90.0 Å². The zero-order chi connectivity index (χ0) is 26.8. The van der Waals surface area contributed by atoms with Crippen molar-refractivity contribution in [3.8, 4) is 11.5 Å². The Bertz CT molecular complexity index is 1250. The Morgan fingerprint density at radius 1 is 0.946 bits per heavy atom. The zero-order valence-corrected chi connectivity index (χ0v) is 21.7. The maximum Gasteiger partial charge on any atom is 0.243 e. The molecule has 0 aliphatic carbocycles. The van der Waals surface area contributed by atoms with Crippen LogP contribution < -0.4 is 20.5 Å². The number of aliphatic hydroxyl groups is 1. The standard InChI is InChI=1S/C27H33N3O6S/c1-35-22-11-13-24(14-12-22)37(33,34)30(19-27(28)32)25(16-20-7-4-3-5-8-20)26(31)18-29-17-21-9-6-10-23(15-21)36-2/h3-15,25-26,29,31H,16-19H2,1-2H3,(H2,28,32)/t25-,26+/m0/s1. The molecule has 0 heterocycles. The molecular weight excluding hydrogens is 494 g/mol. The Kier molecular flexibility index (Phi) is 10.0. The monoisotopic (exact) mass is 527 g/mol. The number of nitrogens with one attached hydrogen (secondary N) is 1. The van der Waals surface area contributed by atoms with Crippen LogP contribution in [0.4, 0.5) is 0 Å². The van der Waals surface area contributed by atoms with Gasteiger partial charge in [-0.05, 0) is 53.9 Å². The lowest BCUT2D eigenvalue weighted by molar-refractivity contribution is -0.118. The van der Waals surface area contributed by atoms with Gasteiger partial charge < -0.3 is 25.6 Å². The molecule has 2 atom stereocenters. The molecule has 0 aliphatic heterocycles. The predicted molar refractivity (Wildman–Crippen MR) is 141 cm³/mol. The van der Waals surface area contributed by atoms with E-state index in [0.717, 1.165) is 15.4 Å². The minimum absolute atomic E-state index is 0.0378.